The number of rotatable bonds is 5. The molecule has 0 radical (unpaired) electrons. The summed E-state index contributed by atoms with van der Waals surface area (Å²) in [6.45, 7) is 0. The highest BCUT2D eigenvalue weighted by atomic mass is 32.2. The first-order valence-corrected chi connectivity index (χ1v) is 8.75. The van der Waals surface area contributed by atoms with Gasteiger partial charge in [-0.3, -0.25) is 10.1 Å². The minimum absolute atomic E-state index is 0.0327. The standard InChI is InChI=1S/C16H16N2O4S/c19-18(20)14-7-9-15(10-8-14)23(21,22)17-16(11-4-12-16)13-5-2-1-3-6-13/h1-3,5-10,17H,4,11-12H2. The summed E-state index contributed by atoms with van der Waals surface area (Å²) in [4.78, 5) is 10.1. The summed E-state index contributed by atoms with van der Waals surface area (Å²) in [5.74, 6) is 0. The second-order valence-electron chi connectivity index (χ2n) is 5.66. The molecule has 0 aromatic heterocycles. The molecule has 23 heavy (non-hydrogen) atoms. The number of nitro groups is 1. The maximum absolute atomic E-state index is 12.6. The van der Waals surface area contributed by atoms with Gasteiger partial charge in [-0.05, 0) is 37.0 Å². The summed E-state index contributed by atoms with van der Waals surface area (Å²) in [5.41, 5.74) is 0.226. The van der Waals surface area contributed by atoms with Crippen LogP contribution in [-0.2, 0) is 15.6 Å². The lowest BCUT2D eigenvalue weighted by Crippen LogP contribution is -2.50. The van der Waals surface area contributed by atoms with E-state index in [0.29, 0.717) is 0 Å². The second kappa shape index (κ2) is 5.75. The number of nitro benzene ring substituents is 1. The molecule has 0 spiro atoms. The van der Waals surface area contributed by atoms with Gasteiger partial charge < -0.3 is 0 Å². The van der Waals surface area contributed by atoms with E-state index in [1.165, 1.54) is 24.3 Å². The van der Waals surface area contributed by atoms with Crippen molar-refractivity contribution in [1.82, 2.24) is 4.72 Å². The van der Waals surface area contributed by atoms with Gasteiger partial charge in [-0.1, -0.05) is 30.3 Å². The topological polar surface area (TPSA) is 89.3 Å². The SMILES string of the molecule is O=[N+]([O-])c1ccc(S(=O)(=O)NC2(c3ccccc3)CCC2)cc1. The van der Waals surface area contributed by atoms with E-state index in [2.05, 4.69) is 4.72 Å². The monoisotopic (exact) mass is 332 g/mol. The highest BCUT2D eigenvalue weighted by Crippen LogP contribution is 2.42. The molecule has 0 amide bonds. The molecule has 120 valence electrons. The zero-order chi connectivity index (χ0) is 16.5. The molecule has 2 aromatic rings. The molecule has 1 saturated carbocycles. The fraction of sp³-hybridized carbons (Fsp3) is 0.250. The Morgan fingerprint density at radius 2 is 1.61 bits per heavy atom. The van der Waals surface area contributed by atoms with Gasteiger partial charge in [0.25, 0.3) is 5.69 Å². The third-order valence-electron chi connectivity index (χ3n) is 4.22. The minimum atomic E-state index is -3.74. The van der Waals surface area contributed by atoms with Crippen LogP contribution in [-0.4, -0.2) is 13.3 Å². The maximum atomic E-state index is 12.6. The minimum Gasteiger partial charge on any atom is -0.258 e. The van der Waals surface area contributed by atoms with E-state index < -0.39 is 20.5 Å². The van der Waals surface area contributed by atoms with E-state index >= 15 is 0 Å². The Labute approximate surface area is 134 Å². The Hall–Kier alpha value is -2.25. The number of sulfonamides is 1. The van der Waals surface area contributed by atoms with E-state index in [1.54, 1.807) is 0 Å². The number of nitrogens with zero attached hydrogens (tertiary/aromatic N) is 1. The van der Waals surface area contributed by atoms with Crippen LogP contribution in [0, 0.1) is 10.1 Å². The first-order chi connectivity index (χ1) is 10.9. The largest absolute Gasteiger partial charge is 0.269 e. The molecule has 0 bridgehead atoms. The van der Waals surface area contributed by atoms with Crippen molar-refractivity contribution < 1.29 is 13.3 Å². The van der Waals surface area contributed by atoms with E-state index in [1.807, 2.05) is 30.3 Å². The van der Waals surface area contributed by atoms with Crippen LogP contribution in [0.5, 0.6) is 0 Å². The second-order valence-corrected chi connectivity index (χ2v) is 7.34. The molecular weight excluding hydrogens is 316 g/mol. The number of benzene rings is 2. The Kier molecular flexibility index (Phi) is 3.91. The van der Waals surface area contributed by atoms with Crippen LogP contribution >= 0.6 is 0 Å². The van der Waals surface area contributed by atoms with Gasteiger partial charge in [0.2, 0.25) is 10.0 Å². The molecule has 1 aliphatic carbocycles. The Balaban J connectivity index is 1.89. The summed E-state index contributed by atoms with van der Waals surface area (Å²) >= 11 is 0. The molecular formula is C16H16N2O4S. The van der Waals surface area contributed by atoms with Crippen LogP contribution in [0.1, 0.15) is 24.8 Å². The molecule has 7 heteroatoms. The maximum Gasteiger partial charge on any atom is 0.269 e. The van der Waals surface area contributed by atoms with Crippen LogP contribution in [0.25, 0.3) is 0 Å². The Morgan fingerprint density at radius 3 is 2.09 bits per heavy atom. The third kappa shape index (κ3) is 2.97. The predicted molar refractivity (Wildman–Crippen MR) is 85.4 cm³/mol. The van der Waals surface area contributed by atoms with Crippen molar-refractivity contribution in [2.45, 2.75) is 29.7 Å². The van der Waals surface area contributed by atoms with Crippen LogP contribution in [0.15, 0.2) is 59.5 Å². The molecule has 2 aromatic carbocycles. The zero-order valence-electron chi connectivity index (χ0n) is 12.3. The molecule has 6 nitrogen and oxygen atoms in total. The van der Waals surface area contributed by atoms with Crippen LogP contribution in [0.4, 0.5) is 5.69 Å². The average molecular weight is 332 g/mol. The van der Waals surface area contributed by atoms with Gasteiger partial charge >= 0.3 is 0 Å². The van der Waals surface area contributed by atoms with E-state index in [-0.39, 0.29) is 10.6 Å². The van der Waals surface area contributed by atoms with Gasteiger partial charge in [0.05, 0.1) is 15.4 Å². The number of hydrogen-bond donors (Lipinski definition) is 1. The molecule has 0 unspecified atom stereocenters. The number of hydrogen-bond acceptors (Lipinski definition) is 4. The smallest absolute Gasteiger partial charge is 0.258 e. The van der Waals surface area contributed by atoms with Gasteiger partial charge in [0, 0.05) is 12.1 Å². The van der Waals surface area contributed by atoms with E-state index in [0.717, 1.165) is 24.8 Å². The number of nitrogens with one attached hydrogen (secondary N) is 1. The van der Waals surface area contributed by atoms with Gasteiger partial charge in [0.1, 0.15) is 0 Å². The fourth-order valence-corrected chi connectivity index (χ4v) is 4.25. The highest BCUT2D eigenvalue weighted by molar-refractivity contribution is 7.89. The Bertz CT molecular complexity index is 813. The normalized spacial score (nSPS) is 16.5. The molecule has 1 aliphatic rings. The van der Waals surface area contributed by atoms with Crippen LogP contribution < -0.4 is 4.72 Å². The van der Waals surface area contributed by atoms with Crippen molar-refractivity contribution in [3.63, 3.8) is 0 Å². The highest BCUT2D eigenvalue weighted by Gasteiger charge is 2.42. The van der Waals surface area contributed by atoms with Gasteiger partial charge in [-0.2, -0.15) is 0 Å². The first-order valence-electron chi connectivity index (χ1n) is 7.27. The molecule has 0 atom stereocenters. The van der Waals surface area contributed by atoms with Gasteiger partial charge in [-0.15, -0.1) is 0 Å². The summed E-state index contributed by atoms with van der Waals surface area (Å²) < 4.78 is 28.0. The molecule has 0 heterocycles. The van der Waals surface area contributed by atoms with Crippen LogP contribution in [0.3, 0.4) is 0 Å². The quantitative estimate of drug-likeness (QED) is 0.673. The van der Waals surface area contributed by atoms with Gasteiger partial charge in [0.15, 0.2) is 0 Å². The number of non-ortho nitro benzene ring substituents is 1. The molecule has 0 aliphatic heterocycles. The lowest BCUT2D eigenvalue weighted by atomic mass is 9.73. The van der Waals surface area contributed by atoms with E-state index in [4.69, 9.17) is 0 Å². The Morgan fingerprint density at radius 1 is 1.00 bits per heavy atom. The van der Waals surface area contributed by atoms with Crippen molar-refractivity contribution >= 4 is 15.7 Å². The fourth-order valence-electron chi connectivity index (χ4n) is 2.80. The molecule has 1 N–H and O–H groups in total. The average Bonchev–Trinajstić information content (AvgIpc) is 2.52. The van der Waals surface area contributed by atoms with Gasteiger partial charge in [-0.25, -0.2) is 13.1 Å². The van der Waals surface area contributed by atoms with Crippen LogP contribution in [0.2, 0.25) is 0 Å². The van der Waals surface area contributed by atoms with Crippen molar-refractivity contribution in [1.29, 1.82) is 0 Å². The summed E-state index contributed by atoms with van der Waals surface area (Å²) in [6, 6.07) is 14.4. The molecule has 0 saturated heterocycles. The first kappa shape index (κ1) is 15.6. The summed E-state index contributed by atoms with van der Waals surface area (Å²) in [6.07, 6.45) is 2.43. The summed E-state index contributed by atoms with van der Waals surface area (Å²) in [5, 5.41) is 10.7. The van der Waals surface area contributed by atoms with Crippen molar-refractivity contribution in [2.75, 3.05) is 0 Å². The van der Waals surface area contributed by atoms with Crippen molar-refractivity contribution in [3.05, 3.63) is 70.3 Å². The molecule has 1 fully saturated rings. The molecule has 3 rings (SSSR count). The summed E-state index contributed by atoms with van der Waals surface area (Å²) in [7, 11) is -3.74. The van der Waals surface area contributed by atoms with Crippen molar-refractivity contribution in [2.24, 2.45) is 0 Å². The lowest BCUT2D eigenvalue weighted by molar-refractivity contribution is -0.384. The van der Waals surface area contributed by atoms with E-state index in [9.17, 15) is 18.5 Å². The third-order valence-corrected chi connectivity index (χ3v) is 5.77. The zero-order valence-corrected chi connectivity index (χ0v) is 13.1. The predicted octanol–water partition coefficient (Wildman–Crippen LogP) is 2.95. The lowest BCUT2D eigenvalue weighted by Gasteiger charge is -2.42. The van der Waals surface area contributed by atoms with Crippen molar-refractivity contribution in [3.8, 4) is 0 Å².